The minimum Gasteiger partial charge on any atom is -0.385 e. The zero-order valence-electron chi connectivity index (χ0n) is 11.7. The van der Waals surface area contributed by atoms with Gasteiger partial charge in [0.2, 0.25) is 0 Å². The molecule has 1 aliphatic rings. The topological polar surface area (TPSA) is 21.3 Å². The van der Waals surface area contributed by atoms with Crippen LogP contribution in [0, 0.1) is 17.3 Å². The third kappa shape index (κ3) is 3.74. The molecule has 0 radical (unpaired) electrons. The van der Waals surface area contributed by atoms with E-state index >= 15 is 0 Å². The van der Waals surface area contributed by atoms with Crippen molar-refractivity contribution < 1.29 is 4.74 Å². The van der Waals surface area contributed by atoms with Crippen LogP contribution >= 0.6 is 0 Å². The average molecular weight is 227 g/mol. The van der Waals surface area contributed by atoms with Gasteiger partial charge in [0.1, 0.15) is 0 Å². The summed E-state index contributed by atoms with van der Waals surface area (Å²) in [6.07, 6.45) is 3.77. The van der Waals surface area contributed by atoms with Gasteiger partial charge < -0.3 is 10.1 Å². The lowest BCUT2D eigenvalue weighted by Gasteiger charge is -2.26. The SMILES string of the molecule is CCCNC(C(C)CCOC)C1CC1(C)C. The highest BCUT2D eigenvalue weighted by atomic mass is 16.5. The van der Waals surface area contributed by atoms with Gasteiger partial charge in [-0.3, -0.25) is 0 Å². The van der Waals surface area contributed by atoms with E-state index in [0.717, 1.165) is 25.0 Å². The number of nitrogens with one attached hydrogen (secondary N) is 1. The van der Waals surface area contributed by atoms with Crippen LogP contribution in [0.25, 0.3) is 0 Å². The first-order chi connectivity index (χ1) is 7.53. The standard InChI is InChI=1S/C14H29NO/c1-6-8-15-13(11(2)7-9-16-5)12-10-14(12,3)4/h11-13,15H,6-10H2,1-5H3. The number of rotatable bonds is 8. The third-order valence-corrected chi connectivity index (χ3v) is 4.04. The van der Waals surface area contributed by atoms with Crippen molar-refractivity contribution in [3.63, 3.8) is 0 Å². The molecule has 96 valence electrons. The van der Waals surface area contributed by atoms with Crippen molar-refractivity contribution >= 4 is 0 Å². The van der Waals surface area contributed by atoms with E-state index in [-0.39, 0.29) is 0 Å². The maximum Gasteiger partial charge on any atom is 0.0465 e. The van der Waals surface area contributed by atoms with Crippen LogP contribution in [0.15, 0.2) is 0 Å². The first-order valence-electron chi connectivity index (χ1n) is 6.75. The molecule has 16 heavy (non-hydrogen) atoms. The molecule has 0 spiro atoms. The maximum absolute atomic E-state index is 5.19. The fourth-order valence-corrected chi connectivity index (χ4v) is 2.66. The van der Waals surface area contributed by atoms with Crippen molar-refractivity contribution in [2.75, 3.05) is 20.3 Å². The van der Waals surface area contributed by atoms with Gasteiger partial charge in [0.25, 0.3) is 0 Å². The van der Waals surface area contributed by atoms with Gasteiger partial charge in [-0.15, -0.1) is 0 Å². The number of methoxy groups -OCH3 is 1. The normalized spacial score (nSPS) is 26.4. The van der Waals surface area contributed by atoms with Crippen molar-refractivity contribution in [2.24, 2.45) is 17.3 Å². The van der Waals surface area contributed by atoms with E-state index in [2.05, 4.69) is 33.0 Å². The van der Waals surface area contributed by atoms with E-state index in [9.17, 15) is 0 Å². The van der Waals surface area contributed by atoms with Gasteiger partial charge >= 0.3 is 0 Å². The largest absolute Gasteiger partial charge is 0.385 e. The molecule has 1 N–H and O–H groups in total. The van der Waals surface area contributed by atoms with Crippen LogP contribution in [-0.2, 0) is 4.74 Å². The van der Waals surface area contributed by atoms with Crippen molar-refractivity contribution in [3.05, 3.63) is 0 Å². The second kappa shape index (κ2) is 6.02. The van der Waals surface area contributed by atoms with Gasteiger partial charge in [0.05, 0.1) is 0 Å². The Kier molecular flexibility index (Phi) is 5.26. The lowest BCUT2D eigenvalue weighted by molar-refractivity contribution is 0.164. The molecule has 1 fully saturated rings. The molecule has 1 aliphatic carbocycles. The van der Waals surface area contributed by atoms with Gasteiger partial charge in [-0.05, 0) is 43.1 Å². The number of hydrogen-bond acceptors (Lipinski definition) is 2. The Hall–Kier alpha value is -0.0800. The second-order valence-electron chi connectivity index (χ2n) is 6.04. The van der Waals surface area contributed by atoms with Crippen LogP contribution in [0.3, 0.4) is 0 Å². The number of hydrogen-bond donors (Lipinski definition) is 1. The molecule has 0 amide bonds. The summed E-state index contributed by atoms with van der Waals surface area (Å²) in [7, 11) is 1.79. The summed E-state index contributed by atoms with van der Waals surface area (Å²) >= 11 is 0. The Morgan fingerprint density at radius 2 is 2.06 bits per heavy atom. The van der Waals surface area contributed by atoms with E-state index in [4.69, 9.17) is 4.74 Å². The molecule has 1 saturated carbocycles. The fourth-order valence-electron chi connectivity index (χ4n) is 2.66. The minimum absolute atomic E-state index is 0.562. The third-order valence-electron chi connectivity index (χ3n) is 4.04. The lowest BCUT2D eigenvalue weighted by atomic mass is 9.91. The Bertz CT molecular complexity index is 203. The van der Waals surface area contributed by atoms with E-state index in [1.54, 1.807) is 7.11 Å². The molecule has 2 nitrogen and oxygen atoms in total. The molecule has 0 aromatic heterocycles. The highest BCUT2D eigenvalue weighted by molar-refractivity contribution is 5.03. The predicted molar refractivity (Wildman–Crippen MR) is 69.6 cm³/mol. The zero-order chi connectivity index (χ0) is 12.2. The van der Waals surface area contributed by atoms with Crippen LogP contribution in [0.5, 0.6) is 0 Å². The second-order valence-corrected chi connectivity index (χ2v) is 6.04. The zero-order valence-corrected chi connectivity index (χ0v) is 11.7. The van der Waals surface area contributed by atoms with E-state index in [1.165, 1.54) is 19.3 Å². The summed E-state index contributed by atoms with van der Waals surface area (Å²) in [4.78, 5) is 0. The molecule has 3 atom stereocenters. The quantitative estimate of drug-likeness (QED) is 0.688. The molecule has 1 rings (SSSR count). The van der Waals surface area contributed by atoms with Crippen molar-refractivity contribution in [1.82, 2.24) is 5.32 Å². The molecule has 0 aromatic carbocycles. The van der Waals surface area contributed by atoms with Crippen LogP contribution in [0.2, 0.25) is 0 Å². The number of ether oxygens (including phenoxy) is 1. The molecular weight excluding hydrogens is 198 g/mol. The minimum atomic E-state index is 0.562. The molecule has 0 bridgehead atoms. The summed E-state index contributed by atoms with van der Waals surface area (Å²) in [5.41, 5.74) is 0.562. The van der Waals surface area contributed by atoms with Crippen LogP contribution in [0.1, 0.15) is 47.0 Å². The van der Waals surface area contributed by atoms with Gasteiger partial charge in [-0.25, -0.2) is 0 Å². The summed E-state index contributed by atoms with van der Waals surface area (Å²) < 4.78 is 5.19. The van der Waals surface area contributed by atoms with Crippen LogP contribution in [0.4, 0.5) is 0 Å². The Morgan fingerprint density at radius 3 is 2.50 bits per heavy atom. The predicted octanol–water partition coefficient (Wildman–Crippen LogP) is 3.07. The summed E-state index contributed by atoms with van der Waals surface area (Å²) in [5.74, 6) is 1.59. The summed E-state index contributed by atoms with van der Waals surface area (Å²) in [6.45, 7) is 11.4. The Morgan fingerprint density at radius 1 is 1.44 bits per heavy atom. The van der Waals surface area contributed by atoms with E-state index in [0.29, 0.717) is 11.5 Å². The fraction of sp³-hybridized carbons (Fsp3) is 1.00. The molecule has 0 saturated heterocycles. The summed E-state index contributed by atoms with van der Waals surface area (Å²) in [6, 6.07) is 0.685. The van der Waals surface area contributed by atoms with Crippen LogP contribution < -0.4 is 5.32 Å². The molecule has 0 aliphatic heterocycles. The van der Waals surface area contributed by atoms with Gasteiger partial charge in [-0.1, -0.05) is 27.7 Å². The van der Waals surface area contributed by atoms with E-state index < -0.39 is 0 Å². The molecular formula is C14H29NO. The van der Waals surface area contributed by atoms with Crippen molar-refractivity contribution in [2.45, 2.75) is 53.0 Å². The first kappa shape index (κ1) is 14.0. The van der Waals surface area contributed by atoms with Gasteiger partial charge in [-0.2, -0.15) is 0 Å². The van der Waals surface area contributed by atoms with Crippen molar-refractivity contribution in [3.8, 4) is 0 Å². The van der Waals surface area contributed by atoms with Gasteiger partial charge in [0.15, 0.2) is 0 Å². The molecule has 3 unspecified atom stereocenters. The highest BCUT2D eigenvalue weighted by Gasteiger charge is 2.50. The smallest absolute Gasteiger partial charge is 0.0465 e. The van der Waals surface area contributed by atoms with Gasteiger partial charge in [0, 0.05) is 19.8 Å². The Labute approximate surface area is 101 Å². The average Bonchev–Trinajstić information content (AvgIpc) is 2.85. The summed E-state index contributed by atoms with van der Waals surface area (Å²) in [5, 5.41) is 3.74. The molecule has 0 heterocycles. The Balaban J connectivity index is 2.44. The molecule has 2 heteroatoms. The first-order valence-corrected chi connectivity index (χ1v) is 6.75. The molecule has 0 aromatic rings. The van der Waals surface area contributed by atoms with Crippen LogP contribution in [-0.4, -0.2) is 26.3 Å². The van der Waals surface area contributed by atoms with Crippen molar-refractivity contribution in [1.29, 1.82) is 0 Å². The van der Waals surface area contributed by atoms with E-state index in [1.807, 2.05) is 0 Å². The lowest BCUT2D eigenvalue weighted by Crippen LogP contribution is -2.39. The highest BCUT2D eigenvalue weighted by Crippen LogP contribution is 2.55. The maximum atomic E-state index is 5.19. The monoisotopic (exact) mass is 227 g/mol.